The number of thiazole rings is 1. The molecule has 0 aliphatic carbocycles. The van der Waals surface area contributed by atoms with Gasteiger partial charge in [-0.05, 0) is 38.1 Å². The summed E-state index contributed by atoms with van der Waals surface area (Å²) in [5.74, 6) is 0.895. The van der Waals surface area contributed by atoms with E-state index in [0.29, 0.717) is 13.0 Å². The van der Waals surface area contributed by atoms with Gasteiger partial charge in [0, 0.05) is 40.2 Å². The first-order chi connectivity index (χ1) is 11.9. The first kappa shape index (κ1) is 18.3. The molecule has 3 rings (SSSR count). The second-order valence-electron chi connectivity index (χ2n) is 5.94. The molecule has 2 aromatic heterocycles. The van der Waals surface area contributed by atoms with Crippen molar-refractivity contribution < 1.29 is 4.79 Å². The van der Waals surface area contributed by atoms with Crippen LogP contribution in [-0.2, 0) is 11.3 Å². The molecule has 1 amide bonds. The van der Waals surface area contributed by atoms with Crippen LogP contribution >= 0.6 is 34.7 Å². The van der Waals surface area contributed by atoms with Crippen molar-refractivity contribution in [1.82, 2.24) is 14.3 Å². The van der Waals surface area contributed by atoms with Crippen LogP contribution in [0.1, 0.15) is 22.7 Å². The van der Waals surface area contributed by atoms with E-state index in [0.717, 1.165) is 32.0 Å². The van der Waals surface area contributed by atoms with E-state index in [2.05, 4.69) is 22.5 Å². The minimum Gasteiger partial charge on any atom is -0.340 e. The maximum atomic E-state index is 12.4. The lowest BCUT2D eigenvalue weighted by atomic mass is 10.3. The monoisotopic (exact) mass is 393 g/mol. The van der Waals surface area contributed by atoms with Crippen LogP contribution in [0.3, 0.4) is 0 Å². The molecule has 0 atom stereocenters. The maximum absolute atomic E-state index is 12.4. The molecule has 2 heterocycles. The van der Waals surface area contributed by atoms with Crippen LogP contribution in [0.15, 0.2) is 35.4 Å². The third-order valence-electron chi connectivity index (χ3n) is 3.95. The molecule has 0 saturated carbocycles. The molecule has 1 aromatic carbocycles. The van der Waals surface area contributed by atoms with Crippen molar-refractivity contribution >= 4 is 45.6 Å². The third-order valence-corrected chi connectivity index (χ3v) is 6.12. The summed E-state index contributed by atoms with van der Waals surface area (Å²) in [6.45, 7) is 4.65. The van der Waals surface area contributed by atoms with Crippen molar-refractivity contribution in [3.8, 4) is 0 Å². The summed E-state index contributed by atoms with van der Waals surface area (Å²) in [4.78, 5) is 22.1. The molecule has 132 valence electrons. The van der Waals surface area contributed by atoms with E-state index in [9.17, 15) is 4.79 Å². The Morgan fingerprint density at radius 2 is 2.04 bits per heavy atom. The highest BCUT2D eigenvalue weighted by Crippen LogP contribution is 2.23. The molecule has 0 aliphatic heterocycles. The van der Waals surface area contributed by atoms with Gasteiger partial charge in [0.25, 0.3) is 0 Å². The first-order valence-corrected chi connectivity index (χ1v) is 10.2. The summed E-state index contributed by atoms with van der Waals surface area (Å²) in [6.07, 6.45) is 2.59. The van der Waals surface area contributed by atoms with Gasteiger partial charge in [-0.1, -0.05) is 11.6 Å². The maximum Gasteiger partial charge on any atom is 0.223 e. The first-order valence-electron chi connectivity index (χ1n) is 8.00. The molecule has 0 spiro atoms. The number of hydrogen-bond acceptors (Lipinski definition) is 4. The van der Waals surface area contributed by atoms with Gasteiger partial charge in [0.05, 0.1) is 17.9 Å². The molecule has 0 N–H and O–H groups in total. The number of nitrogens with zero attached hydrogens (tertiary/aromatic N) is 3. The number of amides is 1. The smallest absolute Gasteiger partial charge is 0.223 e. The fourth-order valence-corrected chi connectivity index (χ4v) is 4.45. The molecule has 3 aromatic rings. The van der Waals surface area contributed by atoms with Crippen molar-refractivity contribution in [2.24, 2.45) is 0 Å². The van der Waals surface area contributed by atoms with Gasteiger partial charge in [-0.2, -0.15) is 0 Å². The molecule has 4 nitrogen and oxygen atoms in total. The van der Waals surface area contributed by atoms with Gasteiger partial charge in [0.15, 0.2) is 4.96 Å². The van der Waals surface area contributed by atoms with E-state index in [4.69, 9.17) is 11.6 Å². The third kappa shape index (κ3) is 4.37. The Morgan fingerprint density at radius 3 is 2.76 bits per heavy atom. The predicted octanol–water partition coefficient (Wildman–Crippen LogP) is 4.81. The van der Waals surface area contributed by atoms with E-state index in [1.165, 1.54) is 4.88 Å². The molecule has 7 heteroatoms. The number of thioether (sulfide) groups is 1. The summed E-state index contributed by atoms with van der Waals surface area (Å²) >= 11 is 9.23. The Bertz CT molecular complexity index is 886. The second kappa shape index (κ2) is 7.81. The van der Waals surface area contributed by atoms with E-state index in [1.807, 2.05) is 38.2 Å². The van der Waals surface area contributed by atoms with Gasteiger partial charge in [0.1, 0.15) is 0 Å². The number of halogens is 1. The highest BCUT2D eigenvalue weighted by molar-refractivity contribution is 7.99. The van der Waals surface area contributed by atoms with E-state index < -0.39 is 0 Å². The zero-order chi connectivity index (χ0) is 18.0. The fraction of sp³-hybridized carbons (Fsp3) is 0.333. The number of aryl methyl sites for hydroxylation is 2. The van der Waals surface area contributed by atoms with Gasteiger partial charge < -0.3 is 4.90 Å². The van der Waals surface area contributed by atoms with Crippen molar-refractivity contribution in [1.29, 1.82) is 0 Å². The zero-order valence-electron chi connectivity index (χ0n) is 14.5. The van der Waals surface area contributed by atoms with Gasteiger partial charge in [-0.3, -0.25) is 9.20 Å². The number of imidazole rings is 1. The van der Waals surface area contributed by atoms with E-state index in [1.54, 1.807) is 28.0 Å². The molecule has 0 unspecified atom stereocenters. The Morgan fingerprint density at radius 1 is 1.32 bits per heavy atom. The number of fused-ring (bicyclic) bond motifs is 1. The lowest BCUT2D eigenvalue weighted by molar-refractivity contribution is -0.130. The fourth-order valence-electron chi connectivity index (χ4n) is 2.59. The Labute approximate surface area is 160 Å². The number of benzene rings is 1. The highest BCUT2D eigenvalue weighted by atomic mass is 35.5. The predicted molar refractivity (Wildman–Crippen MR) is 106 cm³/mol. The van der Waals surface area contributed by atoms with Gasteiger partial charge >= 0.3 is 0 Å². The minimum atomic E-state index is 0.141. The van der Waals surface area contributed by atoms with Crippen molar-refractivity contribution in [3.63, 3.8) is 0 Å². The lowest BCUT2D eigenvalue weighted by Gasteiger charge is -2.17. The van der Waals surface area contributed by atoms with E-state index >= 15 is 0 Å². The van der Waals surface area contributed by atoms with Crippen molar-refractivity contribution in [2.45, 2.75) is 31.7 Å². The van der Waals surface area contributed by atoms with Crippen LogP contribution in [0, 0.1) is 13.8 Å². The average molecular weight is 394 g/mol. The Balaban J connectivity index is 1.56. The summed E-state index contributed by atoms with van der Waals surface area (Å²) in [7, 11) is 1.85. The van der Waals surface area contributed by atoms with Crippen LogP contribution in [0.5, 0.6) is 0 Å². The van der Waals surface area contributed by atoms with Gasteiger partial charge in [-0.15, -0.1) is 23.1 Å². The number of aromatic nitrogens is 2. The summed E-state index contributed by atoms with van der Waals surface area (Å²) in [5, 5.41) is 0.728. The van der Waals surface area contributed by atoms with Crippen LogP contribution in [-0.4, -0.2) is 33.0 Å². The van der Waals surface area contributed by atoms with Crippen molar-refractivity contribution in [3.05, 3.63) is 51.7 Å². The highest BCUT2D eigenvalue weighted by Gasteiger charge is 2.16. The van der Waals surface area contributed by atoms with E-state index in [-0.39, 0.29) is 5.91 Å². The van der Waals surface area contributed by atoms with Crippen LogP contribution in [0.25, 0.3) is 4.96 Å². The molecular formula is C18H20ClN3OS2. The normalized spacial score (nSPS) is 11.2. The molecule has 0 radical (unpaired) electrons. The topological polar surface area (TPSA) is 37.6 Å². The zero-order valence-corrected chi connectivity index (χ0v) is 16.8. The number of carbonyl (C=O) groups excluding carboxylic acids is 1. The largest absolute Gasteiger partial charge is 0.340 e. The molecule has 0 bridgehead atoms. The lowest BCUT2D eigenvalue weighted by Crippen LogP contribution is -2.27. The van der Waals surface area contributed by atoms with Crippen LogP contribution in [0.2, 0.25) is 5.02 Å². The SMILES string of the molecule is Cc1cn2c(CN(C)C(=O)CCSc3ccc(Cl)cc3)c(C)nc2s1. The standard InChI is InChI=1S/C18H20ClN3OS2/c1-12-10-22-16(13(2)20-18(22)25-12)11-21(3)17(23)8-9-24-15-6-4-14(19)5-7-15/h4-7,10H,8-9,11H2,1-3H3. The molecular weight excluding hydrogens is 374 g/mol. The summed E-state index contributed by atoms with van der Waals surface area (Å²) < 4.78 is 2.10. The second-order valence-corrected chi connectivity index (χ2v) is 8.76. The molecule has 0 saturated heterocycles. The number of hydrogen-bond donors (Lipinski definition) is 0. The summed E-state index contributed by atoms with van der Waals surface area (Å²) in [5.41, 5.74) is 2.07. The van der Waals surface area contributed by atoms with Crippen LogP contribution in [0.4, 0.5) is 0 Å². The molecule has 0 fully saturated rings. The van der Waals surface area contributed by atoms with Gasteiger partial charge in [-0.25, -0.2) is 4.98 Å². The minimum absolute atomic E-state index is 0.141. The Hall–Kier alpha value is -1.50. The van der Waals surface area contributed by atoms with Crippen molar-refractivity contribution in [2.75, 3.05) is 12.8 Å². The number of carbonyl (C=O) groups is 1. The quantitative estimate of drug-likeness (QED) is 0.564. The molecule has 0 aliphatic rings. The Kier molecular flexibility index (Phi) is 5.71. The average Bonchev–Trinajstić information content (AvgIpc) is 3.06. The van der Waals surface area contributed by atoms with Crippen LogP contribution < -0.4 is 0 Å². The number of rotatable bonds is 6. The van der Waals surface area contributed by atoms with Gasteiger partial charge in [0.2, 0.25) is 5.91 Å². The summed E-state index contributed by atoms with van der Waals surface area (Å²) in [6, 6.07) is 7.70. The molecule has 25 heavy (non-hydrogen) atoms.